The Balaban J connectivity index is 2.13. The van der Waals surface area contributed by atoms with Crippen LogP contribution in [0.1, 0.15) is 47.9 Å². The fraction of sp³-hybridized carbons (Fsp3) is 0.200. The Kier molecular flexibility index (Phi) is 4.27. The lowest BCUT2D eigenvalue weighted by atomic mass is 9.63. The van der Waals surface area contributed by atoms with Gasteiger partial charge in [-0.15, -0.1) is 0 Å². The Morgan fingerprint density at radius 2 is 1.30 bits per heavy atom. The minimum Gasteiger partial charge on any atom is -0.299 e. The summed E-state index contributed by atoms with van der Waals surface area (Å²) in [7, 11) is 0. The third kappa shape index (κ3) is 2.48. The molecule has 1 aliphatic carbocycles. The van der Waals surface area contributed by atoms with Gasteiger partial charge in [-0.1, -0.05) is 84.9 Å². The number of ketones is 2. The van der Waals surface area contributed by atoms with Crippen molar-refractivity contribution in [2.24, 2.45) is 0 Å². The van der Waals surface area contributed by atoms with Gasteiger partial charge in [-0.3, -0.25) is 9.59 Å². The van der Waals surface area contributed by atoms with E-state index < -0.39 is 5.41 Å². The van der Waals surface area contributed by atoms with Crippen LogP contribution in [0, 0.1) is 0 Å². The van der Waals surface area contributed by atoms with Gasteiger partial charge in [0, 0.05) is 5.92 Å². The summed E-state index contributed by atoms with van der Waals surface area (Å²) >= 11 is 0. The topological polar surface area (TPSA) is 34.1 Å². The molecule has 0 N–H and O–H groups in total. The van der Waals surface area contributed by atoms with E-state index in [1.807, 2.05) is 84.9 Å². The molecule has 27 heavy (non-hydrogen) atoms. The summed E-state index contributed by atoms with van der Waals surface area (Å²) in [4.78, 5) is 26.2. The number of rotatable bonds is 4. The van der Waals surface area contributed by atoms with Gasteiger partial charge in [0.2, 0.25) is 0 Å². The SMILES string of the molecule is CC(=O)[C@@H]1c2ccccc2[C@](C(C)=O)(c2ccccc2)[C@@H]1c1ccccc1. The van der Waals surface area contributed by atoms with Crippen molar-refractivity contribution < 1.29 is 9.59 Å². The summed E-state index contributed by atoms with van der Waals surface area (Å²) in [6, 6.07) is 27.8. The molecule has 2 heteroatoms. The molecule has 0 bridgehead atoms. The number of Topliss-reactive ketones (excluding diaryl/α,β-unsaturated/α-hetero) is 2. The summed E-state index contributed by atoms with van der Waals surface area (Å²) in [5.41, 5.74) is 3.03. The van der Waals surface area contributed by atoms with E-state index in [1.54, 1.807) is 13.8 Å². The average Bonchev–Trinajstić information content (AvgIpc) is 3.01. The molecule has 3 aromatic carbocycles. The maximum atomic E-state index is 13.4. The third-order valence-corrected chi connectivity index (χ3v) is 5.90. The van der Waals surface area contributed by atoms with Gasteiger partial charge >= 0.3 is 0 Å². The molecule has 2 nitrogen and oxygen atoms in total. The van der Waals surface area contributed by atoms with E-state index in [1.165, 1.54) is 0 Å². The van der Waals surface area contributed by atoms with Gasteiger partial charge in [-0.25, -0.2) is 0 Å². The summed E-state index contributed by atoms with van der Waals surface area (Å²) in [5.74, 6) is -0.435. The lowest BCUT2D eigenvalue weighted by molar-refractivity contribution is -0.122. The van der Waals surface area contributed by atoms with Crippen LogP contribution in [-0.2, 0) is 15.0 Å². The Morgan fingerprint density at radius 3 is 1.89 bits per heavy atom. The fourth-order valence-corrected chi connectivity index (χ4v) is 4.93. The number of carbonyl (C=O) groups excluding carboxylic acids is 2. The number of hydrogen-bond donors (Lipinski definition) is 0. The first kappa shape index (κ1) is 17.4. The second-order valence-corrected chi connectivity index (χ2v) is 7.29. The molecule has 0 saturated carbocycles. The van der Waals surface area contributed by atoms with Gasteiger partial charge in [-0.05, 0) is 36.1 Å². The first-order chi connectivity index (χ1) is 13.1. The van der Waals surface area contributed by atoms with E-state index in [4.69, 9.17) is 0 Å². The first-order valence-corrected chi connectivity index (χ1v) is 9.29. The second-order valence-electron chi connectivity index (χ2n) is 7.29. The second kappa shape index (κ2) is 6.62. The van der Waals surface area contributed by atoms with Crippen molar-refractivity contribution in [3.8, 4) is 0 Å². The molecular weight excluding hydrogens is 332 g/mol. The van der Waals surface area contributed by atoms with E-state index in [-0.39, 0.29) is 23.4 Å². The van der Waals surface area contributed by atoms with Crippen LogP contribution in [0.15, 0.2) is 84.9 Å². The molecule has 0 unspecified atom stereocenters. The smallest absolute Gasteiger partial charge is 0.145 e. The number of fused-ring (bicyclic) bond motifs is 1. The van der Waals surface area contributed by atoms with Crippen molar-refractivity contribution >= 4 is 11.6 Å². The lowest BCUT2D eigenvalue weighted by Crippen LogP contribution is -2.40. The number of hydrogen-bond acceptors (Lipinski definition) is 2. The van der Waals surface area contributed by atoms with Gasteiger partial charge in [0.1, 0.15) is 11.6 Å². The zero-order valence-corrected chi connectivity index (χ0v) is 15.6. The van der Waals surface area contributed by atoms with E-state index in [0.29, 0.717) is 0 Å². The zero-order chi connectivity index (χ0) is 19.0. The summed E-state index contributed by atoms with van der Waals surface area (Å²) < 4.78 is 0. The first-order valence-electron chi connectivity index (χ1n) is 9.29. The third-order valence-electron chi connectivity index (χ3n) is 5.90. The normalized spacial score (nSPS) is 23.6. The minimum atomic E-state index is -0.866. The molecule has 0 heterocycles. The number of carbonyl (C=O) groups is 2. The summed E-state index contributed by atoms with van der Waals surface area (Å²) in [5, 5.41) is 0. The molecule has 0 aliphatic heterocycles. The molecule has 0 radical (unpaired) electrons. The highest BCUT2D eigenvalue weighted by Gasteiger charge is 2.57. The highest BCUT2D eigenvalue weighted by molar-refractivity contribution is 5.99. The van der Waals surface area contributed by atoms with Crippen LogP contribution < -0.4 is 0 Å². The summed E-state index contributed by atoms with van der Waals surface area (Å²) in [6.07, 6.45) is 0. The van der Waals surface area contributed by atoms with Crippen molar-refractivity contribution in [3.63, 3.8) is 0 Å². The van der Waals surface area contributed by atoms with Crippen molar-refractivity contribution in [1.29, 1.82) is 0 Å². The predicted molar refractivity (Wildman–Crippen MR) is 107 cm³/mol. The van der Waals surface area contributed by atoms with E-state index in [2.05, 4.69) is 0 Å². The molecule has 0 spiro atoms. The largest absolute Gasteiger partial charge is 0.299 e. The molecule has 0 fully saturated rings. The van der Waals surface area contributed by atoms with Crippen LogP contribution in [0.2, 0.25) is 0 Å². The monoisotopic (exact) mass is 354 g/mol. The highest BCUT2D eigenvalue weighted by atomic mass is 16.1. The van der Waals surface area contributed by atoms with Gasteiger partial charge in [-0.2, -0.15) is 0 Å². The van der Waals surface area contributed by atoms with Crippen LogP contribution in [0.5, 0.6) is 0 Å². The van der Waals surface area contributed by atoms with Crippen molar-refractivity contribution in [2.45, 2.75) is 31.1 Å². The van der Waals surface area contributed by atoms with Gasteiger partial charge in [0.15, 0.2) is 0 Å². The van der Waals surface area contributed by atoms with Crippen molar-refractivity contribution in [1.82, 2.24) is 0 Å². The van der Waals surface area contributed by atoms with Crippen molar-refractivity contribution in [2.75, 3.05) is 0 Å². The predicted octanol–water partition coefficient (Wildman–Crippen LogP) is 5.03. The Hall–Kier alpha value is -3.00. The van der Waals surface area contributed by atoms with E-state index in [9.17, 15) is 9.59 Å². The van der Waals surface area contributed by atoms with Gasteiger partial charge in [0.05, 0.1) is 11.3 Å². The Labute approximate surface area is 159 Å². The molecule has 4 rings (SSSR count). The highest BCUT2D eigenvalue weighted by Crippen LogP contribution is 2.59. The molecule has 0 amide bonds. The van der Waals surface area contributed by atoms with E-state index in [0.717, 1.165) is 22.3 Å². The molecule has 0 aromatic heterocycles. The molecule has 3 atom stereocenters. The molecule has 3 aromatic rings. The van der Waals surface area contributed by atoms with Crippen LogP contribution in [0.3, 0.4) is 0 Å². The van der Waals surface area contributed by atoms with Gasteiger partial charge in [0.25, 0.3) is 0 Å². The van der Waals surface area contributed by atoms with Crippen LogP contribution in [0.4, 0.5) is 0 Å². The van der Waals surface area contributed by atoms with Gasteiger partial charge < -0.3 is 0 Å². The molecule has 0 saturated heterocycles. The lowest BCUT2D eigenvalue weighted by Gasteiger charge is -2.37. The van der Waals surface area contributed by atoms with Crippen molar-refractivity contribution in [3.05, 3.63) is 107 Å². The quantitative estimate of drug-likeness (QED) is 0.658. The van der Waals surface area contributed by atoms with E-state index >= 15 is 0 Å². The standard InChI is InChI=1S/C25H22O2/c1-17(26)23-21-15-9-10-16-22(21)25(18(2)27,20-13-7-4-8-14-20)24(23)19-11-5-3-6-12-19/h3-16,23-24H,1-2H3/t23-,24-,25+/m1/s1. The molecular formula is C25H22O2. The Bertz CT molecular complexity index is 991. The maximum Gasteiger partial charge on any atom is 0.145 e. The zero-order valence-electron chi connectivity index (χ0n) is 15.6. The molecule has 134 valence electrons. The van der Waals surface area contributed by atoms with Crippen LogP contribution >= 0.6 is 0 Å². The molecule has 1 aliphatic rings. The maximum absolute atomic E-state index is 13.4. The fourth-order valence-electron chi connectivity index (χ4n) is 4.93. The minimum absolute atomic E-state index is 0.0683. The van der Waals surface area contributed by atoms with Crippen LogP contribution in [-0.4, -0.2) is 11.6 Å². The summed E-state index contributed by atoms with van der Waals surface area (Å²) in [6.45, 7) is 3.29. The number of benzene rings is 3. The average molecular weight is 354 g/mol. The Morgan fingerprint density at radius 1 is 0.741 bits per heavy atom. The van der Waals surface area contributed by atoms with Crippen LogP contribution in [0.25, 0.3) is 0 Å².